The molecule has 0 aliphatic carbocycles. The van der Waals surface area contributed by atoms with Crippen LogP contribution in [-0.4, -0.2) is 52.1 Å². The lowest BCUT2D eigenvalue weighted by Crippen LogP contribution is -2.30. The number of nitrogens with one attached hydrogen (secondary N) is 1. The summed E-state index contributed by atoms with van der Waals surface area (Å²) < 4.78 is 15.0. The monoisotopic (exact) mass is 219 g/mol. The zero-order valence-corrected chi connectivity index (χ0v) is 9.75. The fourth-order valence-corrected chi connectivity index (χ4v) is 0.949. The van der Waals surface area contributed by atoms with E-state index < -0.39 is 0 Å². The van der Waals surface area contributed by atoms with E-state index in [-0.39, 0.29) is 18.6 Å². The van der Waals surface area contributed by atoms with Crippen molar-refractivity contribution in [3.8, 4) is 0 Å². The molecule has 0 rings (SSSR count). The summed E-state index contributed by atoms with van der Waals surface area (Å²) in [5, 5.41) is 2.91. The molecule has 5 nitrogen and oxygen atoms in total. The fraction of sp³-hybridized carbons (Fsp3) is 0.900. The van der Waals surface area contributed by atoms with Gasteiger partial charge in [-0.2, -0.15) is 0 Å². The molecular weight excluding hydrogens is 198 g/mol. The summed E-state index contributed by atoms with van der Waals surface area (Å²) in [4.78, 5) is 11.2. The third-order valence-corrected chi connectivity index (χ3v) is 1.64. The molecule has 0 aromatic rings. The SMILES string of the molecule is CCOCC(C)OC(=O)CNCCOC. The molecule has 0 bridgehead atoms. The van der Waals surface area contributed by atoms with Crippen molar-refractivity contribution >= 4 is 5.97 Å². The highest BCUT2D eigenvalue weighted by Crippen LogP contribution is 1.92. The van der Waals surface area contributed by atoms with Gasteiger partial charge in [0, 0.05) is 20.3 Å². The van der Waals surface area contributed by atoms with Crippen molar-refractivity contribution in [1.82, 2.24) is 5.32 Å². The Balaban J connectivity index is 3.38. The van der Waals surface area contributed by atoms with Gasteiger partial charge in [0.1, 0.15) is 6.10 Å². The summed E-state index contributed by atoms with van der Waals surface area (Å²) in [5.74, 6) is -0.265. The third kappa shape index (κ3) is 9.65. The first kappa shape index (κ1) is 14.3. The van der Waals surface area contributed by atoms with E-state index in [0.717, 1.165) is 0 Å². The van der Waals surface area contributed by atoms with Crippen LogP contribution in [0.5, 0.6) is 0 Å². The van der Waals surface area contributed by atoms with Crippen molar-refractivity contribution in [3.63, 3.8) is 0 Å². The number of carbonyl (C=O) groups excluding carboxylic acids is 1. The van der Waals surface area contributed by atoms with Crippen molar-refractivity contribution < 1.29 is 19.0 Å². The van der Waals surface area contributed by atoms with Gasteiger partial charge in [0.15, 0.2) is 0 Å². The molecule has 0 saturated heterocycles. The number of hydrogen-bond acceptors (Lipinski definition) is 5. The van der Waals surface area contributed by atoms with E-state index in [1.807, 2.05) is 13.8 Å². The molecule has 1 N–H and O–H groups in total. The molecular formula is C10H21NO4. The quantitative estimate of drug-likeness (QED) is 0.443. The normalized spacial score (nSPS) is 12.5. The minimum atomic E-state index is -0.265. The fourth-order valence-electron chi connectivity index (χ4n) is 0.949. The molecule has 0 saturated carbocycles. The second-order valence-electron chi connectivity index (χ2n) is 3.13. The Morgan fingerprint density at radius 1 is 1.47 bits per heavy atom. The van der Waals surface area contributed by atoms with Gasteiger partial charge in [0.2, 0.25) is 0 Å². The Morgan fingerprint density at radius 2 is 2.20 bits per heavy atom. The first-order valence-electron chi connectivity index (χ1n) is 5.17. The molecule has 0 aliphatic heterocycles. The van der Waals surface area contributed by atoms with E-state index >= 15 is 0 Å². The van der Waals surface area contributed by atoms with Crippen LogP contribution >= 0.6 is 0 Å². The maximum Gasteiger partial charge on any atom is 0.320 e. The summed E-state index contributed by atoms with van der Waals surface area (Å²) in [6.07, 6.45) is -0.193. The van der Waals surface area contributed by atoms with Gasteiger partial charge in [-0.05, 0) is 13.8 Å². The lowest BCUT2D eigenvalue weighted by Gasteiger charge is -2.13. The van der Waals surface area contributed by atoms with Crippen LogP contribution in [0.3, 0.4) is 0 Å². The topological polar surface area (TPSA) is 56.8 Å². The Hall–Kier alpha value is -0.650. The van der Waals surface area contributed by atoms with Gasteiger partial charge in [-0.25, -0.2) is 0 Å². The second-order valence-corrected chi connectivity index (χ2v) is 3.13. The van der Waals surface area contributed by atoms with E-state index in [9.17, 15) is 4.79 Å². The molecule has 0 heterocycles. The van der Waals surface area contributed by atoms with Crippen LogP contribution < -0.4 is 5.32 Å². The standard InChI is InChI=1S/C10H21NO4/c1-4-14-8-9(2)15-10(12)7-11-5-6-13-3/h9,11H,4-8H2,1-3H3. The minimum Gasteiger partial charge on any atom is -0.459 e. The first-order valence-corrected chi connectivity index (χ1v) is 5.17. The average molecular weight is 219 g/mol. The van der Waals surface area contributed by atoms with Gasteiger partial charge in [-0.1, -0.05) is 0 Å². The summed E-state index contributed by atoms with van der Waals surface area (Å²) in [6, 6.07) is 0. The Morgan fingerprint density at radius 3 is 2.80 bits per heavy atom. The Bertz CT molecular complexity index is 164. The summed E-state index contributed by atoms with van der Waals surface area (Å²) in [7, 11) is 1.62. The highest BCUT2D eigenvalue weighted by atomic mass is 16.6. The number of methoxy groups -OCH3 is 1. The summed E-state index contributed by atoms with van der Waals surface area (Å²) >= 11 is 0. The largest absolute Gasteiger partial charge is 0.459 e. The first-order chi connectivity index (χ1) is 7.20. The molecule has 0 fully saturated rings. The van der Waals surface area contributed by atoms with Gasteiger partial charge in [0.25, 0.3) is 0 Å². The molecule has 0 aromatic carbocycles. The molecule has 0 spiro atoms. The van der Waals surface area contributed by atoms with Crippen LogP contribution in [0.4, 0.5) is 0 Å². The maximum atomic E-state index is 11.2. The molecule has 0 aromatic heterocycles. The zero-order valence-electron chi connectivity index (χ0n) is 9.75. The summed E-state index contributed by atoms with van der Waals surface area (Å²) in [6.45, 7) is 6.23. The van der Waals surface area contributed by atoms with Crippen LogP contribution in [0.2, 0.25) is 0 Å². The lowest BCUT2D eigenvalue weighted by atomic mass is 10.4. The van der Waals surface area contributed by atoms with Crippen molar-refractivity contribution in [1.29, 1.82) is 0 Å². The molecule has 0 radical (unpaired) electrons. The highest BCUT2D eigenvalue weighted by Gasteiger charge is 2.08. The maximum absolute atomic E-state index is 11.2. The Labute approximate surface area is 91.1 Å². The molecule has 15 heavy (non-hydrogen) atoms. The molecule has 5 heteroatoms. The van der Waals surface area contributed by atoms with Crippen LogP contribution in [0.15, 0.2) is 0 Å². The van der Waals surface area contributed by atoms with Crippen LogP contribution in [0, 0.1) is 0 Å². The predicted octanol–water partition coefficient (Wildman–Crippen LogP) is 0.191. The van der Waals surface area contributed by atoms with Crippen molar-refractivity contribution in [3.05, 3.63) is 0 Å². The van der Waals surface area contributed by atoms with Crippen LogP contribution in [0.25, 0.3) is 0 Å². The van der Waals surface area contributed by atoms with Crippen molar-refractivity contribution in [2.24, 2.45) is 0 Å². The number of hydrogen-bond donors (Lipinski definition) is 1. The zero-order chi connectivity index (χ0) is 11.5. The Kier molecular flexibility index (Phi) is 9.46. The third-order valence-electron chi connectivity index (χ3n) is 1.64. The average Bonchev–Trinajstić information content (AvgIpc) is 2.21. The lowest BCUT2D eigenvalue weighted by molar-refractivity contribution is -0.149. The molecule has 0 aliphatic rings. The minimum absolute atomic E-state index is 0.193. The van der Waals surface area contributed by atoms with E-state index in [1.165, 1.54) is 0 Å². The van der Waals surface area contributed by atoms with Crippen LogP contribution in [-0.2, 0) is 19.0 Å². The number of rotatable bonds is 9. The number of carbonyl (C=O) groups is 1. The van der Waals surface area contributed by atoms with Gasteiger partial charge in [-0.15, -0.1) is 0 Å². The van der Waals surface area contributed by atoms with Gasteiger partial charge < -0.3 is 19.5 Å². The predicted molar refractivity (Wildman–Crippen MR) is 56.8 cm³/mol. The second kappa shape index (κ2) is 9.89. The van der Waals surface area contributed by atoms with Gasteiger partial charge in [0.05, 0.1) is 19.8 Å². The smallest absolute Gasteiger partial charge is 0.320 e. The molecule has 1 unspecified atom stereocenters. The van der Waals surface area contributed by atoms with E-state index in [0.29, 0.717) is 26.4 Å². The van der Waals surface area contributed by atoms with Gasteiger partial charge in [-0.3, -0.25) is 4.79 Å². The van der Waals surface area contributed by atoms with Crippen molar-refractivity contribution in [2.45, 2.75) is 20.0 Å². The molecule has 1 atom stereocenters. The van der Waals surface area contributed by atoms with Gasteiger partial charge >= 0.3 is 5.97 Å². The van der Waals surface area contributed by atoms with E-state index in [1.54, 1.807) is 7.11 Å². The highest BCUT2D eigenvalue weighted by molar-refractivity contribution is 5.71. The number of ether oxygens (including phenoxy) is 3. The van der Waals surface area contributed by atoms with Crippen molar-refractivity contribution in [2.75, 3.05) is 40.0 Å². The molecule has 0 amide bonds. The van der Waals surface area contributed by atoms with E-state index in [4.69, 9.17) is 14.2 Å². The van der Waals surface area contributed by atoms with E-state index in [2.05, 4.69) is 5.32 Å². The summed E-state index contributed by atoms with van der Waals surface area (Å²) in [5.41, 5.74) is 0. The molecule has 90 valence electrons. The number of esters is 1. The van der Waals surface area contributed by atoms with Crippen LogP contribution in [0.1, 0.15) is 13.8 Å².